The lowest BCUT2D eigenvalue weighted by Crippen LogP contribution is -2.11. The first-order valence-electron chi connectivity index (χ1n) is 8.14. The Morgan fingerprint density at radius 3 is 2.85 bits per heavy atom. The summed E-state index contributed by atoms with van der Waals surface area (Å²) >= 11 is 2.68. The van der Waals surface area contributed by atoms with Gasteiger partial charge in [-0.1, -0.05) is 11.8 Å². The van der Waals surface area contributed by atoms with Crippen LogP contribution >= 0.6 is 23.1 Å². The van der Waals surface area contributed by atoms with Crippen molar-refractivity contribution in [2.45, 2.75) is 43.6 Å². The number of hydrogen-bond donors (Lipinski definition) is 1. The van der Waals surface area contributed by atoms with Crippen molar-refractivity contribution in [1.82, 2.24) is 24.7 Å². The fourth-order valence-corrected chi connectivity index (χ4v) is 4.92. The van der Waals surface area contributed by atoms with Crippen molar-refractivity contribution in [2.24, 2.45) is 0 Å². The maximum atomic E-state index is 12.5. The molecule has 136 valence electrons. The van der Waals surface area contributed by atoms with Crippen LogP contribution in [-0.2, 0) is 10.5 Å². The minimum Gasteiger partial charge on any atom is -0.465 e. The van der Waals surface area contributed by atoms with Gasteiger partial charge in [-0.15, -0.1) is 21.5 Å². The summed E-state index contributed by atoms with van der Waals surface area (Å²) in [5.74, 6) is 1.48. The third-order valence-electron chi connectivity index (χ3n) is 4.31. The van der Waals surface area contributed by atoms with Gasteiger partial charge in [-0.2, -0.15) is 0 Å². The molecule has 0 spiro atoms. The Hall–Kier alpha value is -2.20. The van der Waals surface area contributed by atoms with Gasteiger partial charge in [0.2, 0.25) is 0 Å². The lowest BCUT2D eigenvalue weighted by Gasteiger charge is -2.06. The van der Waals surface area contributed by atoms with Crippen LogP contribution in [0.3, 0.4) is 0 Å². The molecule has 0 unspecified atom stereocenters. The van der Waals surface area contributed by atoms with Gasteiger partial charge in [0.05, 0.1) is 18.2 Å². The predicted molar refractivity (Wildman–Crippen MR) is 98.9 cm³/mol. The molecule has 0 bridgehead atoms. The zero-order valence-electron chi connectivity index (χ0n) is 14.5. The quantitative estimate of drug-likeness (QED) is 0.527. The van der Waals surface area contributed by atoms with Gasteiger partial charge in [-0.05, 0) is 32.3 Å². The van der Waals surface area contributed by atoms with Crippen molar-refractivity contribution < 1.29 is 9.53 Å². The number of aromatic nitrogens is 5. The molecule has 1 aliphatic carbocycles. The van der Waals surface area contributed by atoms with Crippen LogP contribution in [-0.4, -0.2) is 37.8 Å². The van der Waals surface area contributed by atoms with Gasteiger partial charge in [0.15, 0.2) is 5.16 Å². The van der Waals surface area contributed by atoms with Crippen molar-refractivity contribution in [2.75, 3.05) is 7.11 Å². The maximum absolute atomic E-state index is 12.5. The van der Waals surface area contributed by atoms with Crippen molar-refractivity contribution in [3.63, 3.8) is 0 Å². The van der Waals surface area contributed by atoms with Crippen molar-refractivity contribution >= 4 is 39.3 Å². The van der Waals surface area contributed by atoms with Gasteiger partial charge in [-0.3, -0.25) is 4.79 Å². The summed E-state index contributed by atoms with van der Waals surface area (Å²) in [5, 5.41) is 9.66. The number of esters is 1. The first kappa shape index (κ1) is 17.2. The number of methoxy groups -OCH3 is 1. The lowest BCUT2D eigenvalue weighted by molar-refractivity contribution is 0.0605. The number of aromatic amines is 1. The number of carbonyl (C=O) groups is 1. The molecule has 3 aromatic heterocycles. The normalized spacial score (nSPS) is 14.1. The maximum Gasteiger partial charge on any atom is 0.348 e. The van der Waals surface area contributed by atoms with Crippen molar-refractivity contribution in [3.8, 4) is 0 Å². The van der Waals surface area contributed by atoms with E-state index in [2.05, 4.69) is 24.7 Å². The summed E-state index contributed by atoms with van der Waals surface area (Å²) in [6, 6.07) is 0.490. The van der Waals surface area contributed by atoms with Crippen LogP contribution < -0.4 is 5.56 Å². The Labute approximate surface area is 157 Å². The number of ether oxygens (including phenoxy) is 1. The fraction of sp³-hybridized carbons (Fsp3) is 0.438. The van der Waals surface area contributed by atoms with Crippen LogP contribution in [0, 0.1) is 13.8 Å². The number of hydrogen-bond acceptors (Lipinski definition) is 8. The Morgan fingerprint density at radius 2 is 2.15 bits per heavy atom. The molecule has 26 heavy (non-hydrogen) atoms. The van der Waals surface area contributed by atoms with Gasteiger partial charge in [0, 0.05) is 6.04 Å². The van der Waals surface area contributed by atoms with E-state index < -0.39 is 5.97 Å². The SMILES string of the molecule is COC(=O)c1sc2nc(CSc3nnc(C)n3C3CC3)[nH]c(=O)c2c1C. The molecule has 1 aliphatic rings. The highest BCUT2D eigenvalue weighted by Crippen LogP contribution is 2.39. The number of aryl methyl sites for hydroxylation is 2. The number of thioether (sulfide) groups is 1. The summed E-state index contributed by atoms with van der Waals surface area (Å²) in [5.41, 5.74) is 0.364. The van der Waals surface area contributed by atoms with Gasteiger partial charge in [0.25, 0.3) is 5.56 Å². The summed E-state index contributed by atoms with van der Waals surface area (Å²) in [4.78, 5) is 32.6. The van der Waals surface area contributed by atoms with E-state index in [1.54, 1.807) is 6.92 Å². The van der Waals surface area contributed by atoms with Crippen molar-refractivity contribution in [3.05, 3.63) is 32.4 Å². The monoisotopic (exact) mass is 391 g/mol. The molecule has 0 aromatic carbocycles. The second kappa shape index (κ2) is 6.51. The van der Waals surface area contributed by atoms with Crippen LogP contribution in [0.25, 0.3) is 10.2 Å². The second-order valence-corrected chi connectivity index (χ2v) is 8.10. The molecular weight excluding hydrogens is 374 g/mol. The van der Waals surface area contributed by atoms with Gasteiger partial charge in [0.1, 0.15) is 21.4 Å². The van der Waals surface area contributed by atoms with Crippen molar-refractivity contribution in [1.29, 1.82) is 0 Å². The molecule has 0 saturated heterocycles. The van der Waals surface area contributed by atoms with Gasteiger partial charge < -0.3 is 14.3 Å². The average Bonchev–Trinajstić information content (AvgIpc) is 3.30. The molecule has 8 nitrogen and oxygen atoms in total. The second-order valence-electron chi connectivity index (χ2n) is 6.16. The summed E-state index contributed by atoms with van der Waals surface area (Å²) in [6.07, 6.45) is 2.30. The molecule has 1 saturated carbocycles. The third-order valence-corrected chi connectivity index (χ3v) is 6.43. The summed E-state index contributed by atoms with van der Waals surface area (Å²) in [7, 11) is 1.32. The molecule has 0 amide bonds. The Kier molecular flexibility index (Phi) is 4.31. The molecule has 0 atom stereocenters. The Balaban J connectivity index is 1.63. The van der Waals surface area contributed by atoms with E-state index in [-0.39, 0.29) is 5.56 Å². The summed E-state index contributed by atoms with van der Waals surface area (Å²) in [6.45, 7) is 3.68. The Morgan fingerprint density at radius 1 is 1.38 bits per heavy atom. The molecule has 1 fully saturated rings. The van der Waals surface area contributed by atoms with Gasteiger partial charge >= 0.3 is 5.97 Å². The predicted octanol–water partition coefficient (Wildman–Crippen LogP) is 2.61. The number of thiophene rings is 1. The molecule has 3 aromatic rings. The molecular formula is C16H17N5O3S2. The molecule has 0 aliphatic heterocycles. The first-order chi connectivity index (χ1) is 12.5. The van der Waals surface area contributed by atoms with E-state index in [1.807, 2.05) is 6.92 Å². The highest BCUT2D eigenvalue weighted by Gasteiger charge is 2.28. The fourth-order valence-electron chi connectivity index (χ4n) is 2.88. The average molecular weight is 391 g/mol. The van der Waals surface area contributed by atoms with E-state index >= 15 is 0 Å². The zero-order valence-corrected chi connectivity index (χ0v) is 16.2. The molecule has 4 rings (SSSR count). The standard InChI is InChI=1S/C16H17N5O3S2/c1-7-11-13(22)17-10(18-14(11)26-12(7)15(23)24-3)6-25-16-20-19-8(2)21(16)9-4-5-9/h9H,4-6H2,1-3H3,(H,17,18,22). The lowest BCUT2D eigenvalue weighted by atomic mass is 10.2. The number of rotatable bonds is 5. The van der Waals surface area contributed by atoms with Crippen LogP contribution in [0.5, 0.6) is 0 Å². The topological polar surface area (TPSA) is 103 Å². The highest BCUT2D eigenvalue weighted by molar-refractivity contribution is 7.98. The van der Waals surface area contributed by atoms with E-state index in [0.717, 1.165) is 23.8 Å². The van der Waals surface area contributed by atoms with Crippen LogP contribution in [0.2, 0.25) is 0 Å². The van der Waals surface area contributed by atoms with E-state index in [9.17, 15) is 9.59 Å². The molecule has 3 heterocycles. The van der Waals surface area contributed by atoms with E-state index in [0.29, 0.717) is 38.3 Å². The third kappa shape index (κ3) is 2.92. The summed E-state index contributed by atoms with van der Waals surface area (Å²) < 4.78 is 6.92. The Bertz CT molecular complexity index is 1060. The smallest absolute Gasteiger partial charge is 0.348 e. The minimum atomic E-state index is -0.450. The number of nitrogens with one attached hydrogen (secondary N) is 1. The molecule has 0 radical (unpaired) electrons. The van der Waals surface area contributed by atoms with Crippen LogP contribution in [0.4, 0.5) is 0 Å². The first-order valence-corrected chi connectivity index (χ1v) is 9.94. The minimum absolute atomic E-state index is 0.241. The van der Waals surface area contributed by atoms with Crippen LogP contribution in [0.15, 0.2) is 9.95 Å². The molecule has 1 N–H and O–H groups in total. The van der Waals surface area contributed by atoms with E-state index in [1.165, 1.54) is 30.2 Å². The van der Waals surface area contributed by atoms with E-state index in [4.69, 9.17) is 4.74 Å². The van der Waals surface area contributed by atoms with Gasteiger partial charge in [-0.25, -0.2) is 9.78 Å². The number of H-pyrrole nitrogens is 1. The largest absolute Gasteiger partial charge is 0.465 e. The highest BCUT2D eigenvalue weighted by atomic mass is 32.2. The zero-order chi connectivity index (χ0) is 18.4. The molecule has 10 heteroatoms. The van der Waals surface area contributed by atoms with Crippen LogP contribution in [0.1, 0.15) is 45.8 Å². The number of nitrogens with zero attached hydrogens (tertiary/aromatic N) is 4. The number of carbonyl (C=O) groups excluding carboxylic acids is 1. The number of fused-ring (bicyclic) bond motifs is 1.